The number of sulfone groups is 1. The molecule has 3 aromatic rings. The number of amides is 1. The minimum absolute atomic E-state index is 0.0770. The third-order valence-electron chi connectivity index (χ3n) is 5.52. The molecule has 0 saturated carbocycles. The van der Waals surface area contributed by atoms with E-state index in [1.165, 1.54) is 18.2 Å². The van der Waals surface area contributed by atoms with Gasteiger partial charge in [-0.15, -0.1) is 10.2 Å². The minimum Gasteiger partial charge on any atom is -0.475 e. The van der Waals surface area contributed by atoms with Gasteiger partial charge in [-0.2, -0.15) is 0 Å². The number of hydrogen-bond donors (Lipinski definition) is 1. The van der Waals surface area contributed by atoms with E-state index in [-0.39, 0.29) is 10.5 Å². The van der Waals surface area contributed by atoms with Crippen LogP contribution in [-0.2, 0) is 14.6 Å². The number of hydrogen-bond acceptors (Lipinski definition) is 9. The van der Waals surface area contributed by atoms with E-state index in [4.69, 9.17) is 9.47 Å². The Morgan fingerprint density at radius 3 is 2.66 bits per heavy atom. The number of nitrogens with zero attached hydrogens (tertiary/aromatic N) is 4. The van der Waals surface area contributed by atoms with Crippen LogP contribution >= 0.6 is 0 Å². The topological polar surface area (TPSA) is 124 Å². The SMILES string of the molecule is CCOc1nnc(-c2cc(NC(=O)c3cccc(S(C)(=O)=O)c3)cnc2C)cc1N1CCOCC1. The number of ether oxygens (including phenoxy) is 2. The third-order valence-corrected chi connectivity index (χ3v) is 6.63. The number of benzene rings is 1. The van der Waals surface area contributed by atoms with Gasteiger partial charge in [0.1, 0.15) is 5.69 Å². The second-order valence-electron chi connectivity index (χ2n) is 8.06. The van der Waals surface area contributed by atoms with Gasteiger partial charge in [-0.3, -0.25) is 9.78 Å². The summed E-state index contributed by atoms with van der Waals surface area (Å²) in [6.45, 7) is 6.87. The van der Waals surface area contributed by atoms with Crippen LogP contribution in [0.3, 0.4) is 0 Å². The van der Waals surface area contributed by atoms with E-state index < -0.39 is 15.7 Å². The van der Waals surface area contributed by atoms with Gasteiger partial charge >= 0.3 is 0 Å². The van der Waals surface area contributed by atoms with Crippen LogP contribution < -0.4 is 15.0 Å². The molecule has 1 aliphatic rings. The number of anilines is 2. The van der Waals surface area contributed by atoms with Crippen molar-refractivity contribution in [3.8, 4) is 17.1 Å². The molecule has 0 spiro atoms. The summed E-state index contributed by atoms with van der Waals surface area (Å²) in [7, 11) is -3.43. The Morgan fingerprint density at radius 2 is 1.94 bits per heavy atom. The Balaban J connectivity index is 1.64. The summed E-state index contributed by atoms with van der Waals surface area (Å²) in [6, 6.07) is 9.57. The second kappa shape index (κ2) is 10.4. The van der Waals surface area contributed by atoms with Crippen molar-refractivity contribution in [2.45, 2.75) is 18.7 Å². The summed E-state index contributed by atoms with van der Waals surface area (Å²) in [4.78, 5) is 19.4. The lowest BCUT2D eigenvalue weighted by atomic mass is 10.1. The number of rotatable bonds is 7. The maximum Gasteiger partial charge on any atom is 0.257 e. The summed E-state index contributed by atoms with van der Waals surface area (Å²) in [5.74, 6) is 0.0119. The molecule has 4 rings (SSSR count). The average Bonchev–Trinajstić information content (AvgIpc) is 2.86. The van der Waals surface area contributed by atoms with E-state index in [0.29, 0.717) is 61.4 Å². The second-order valence-corrected chi connectivity index (χ2v) is 10.1. The molecular weight excluding hydrogens is 470 g/mol. The Hall–Kier alpha value is -3.57. The lowest BCUT2D eigenvalue weighted by Gasteiger charge is -2.29. The van der Waals surface area contributed by atoms with E-state index in [9.17, 15) is 13.2 Å². The van der Waals surface area contributed by atoms with Gasteiger partial charge < -0.3 is 19.7 Å². The van der Waals surface area contributed by atoms with Gasteiger partial charge in [0.15, 0.2) is 9.84 Å². The molecule has 2 aromatic heterocycles. The Morgan fingerprint density at radius 1 is 1.17 bits per heavy atom. The van der Waals surface area contributed by atoms with Crippen LogP contribution in [0, 0.1) is 6.92 Å². The quantitative estimate of drug-likeness (QED) is 0.525. The number of aromatic nitrogens is 3. The zero-order valence-electron chi connectivity index (χ0n) is 19.8. The molecule has 11 heteroatoms. The van der Waals surface area contributed by atoms with Crippen molar-refractivity contribution in [3.05, 3.63) is 53.9 Å². The third kappa shape index (κ3) is 5.75. The summed E-state index contributed by atoms with van der Waals surface area (Å²) in [6.07, 6.45) is 2.64. The monoisotopic (exact) mass is 497 g/mol. The maximum absolute atomic E-state index is 12.8. The van der Waals surface area contributed by atoms with Gasteiger partial charge in [-0.25, -0.2) is 8.42 Å². The first-order chi connectivity index (χ1) is 16.8. The Kier molecular flexibility index (Phi) is 7.27. The fraction of sp³-hybridized carbons (Fsp3) is 0.333. The van der Waals surface area contributed by atoms with Crippen molar-refractivity contribution >= 4 is 27.1 Å². The molecule has 1 amide bonds. The highest BCUT2D eigenvalue weighted by atomic mass is 32.2. The van der Waals surface area contributed by atoms with E-state index >= 15 is 0 Å². The lowest BCUT2D eigenvalue weighted by Crippen LogP contribution is -2.36. The smallest absolute Gasteiger partial charge is 0.257 e. The first kappa shape index (κ1) is 24.6. The molecule has 0 radical (unpaired) electrons. The highest BCUT2D eigenvalue weighted by Crippen LogP contribution is 2.32. The van der Waals surface area contributed by atoms with Gasteiger partial charge in [0.2, 0.25) is 0 Å². The average molecular weight is 498 g/mol. The van der Waals surface area contributed by atoms with Gasteiger partial charge in [0, 0.05) is 36.2 Å². The first-order valence-corrected chi connectivity index (χ1v) is 13.1. The molecule has 35 heavy (non-hydrogen) atoms. The molecule has 10 nitrogen and oxygen atoms in total. The van der Waals surface area contributed by atoms with Crippen LogP contribution in [0.25, 0.3) is 11.3 Å². The largest absolute Gasteiger partial charge is 0.475 e. The molecule has 3 heterocycles. The van der Waals surface area contributed by atoms with E-state index in [0.717, 1.165) is 11.9 Å². The van der Waals surface area contributed by atoms with E-state index in [2.05, 4.69) is 25.4 Å². The highest BCUT2D eigenvalue weighted by molar-refractivity contribution is 7.90. The fourth-order valence-corrected chi connectivity index (χ4v) is 4.37. The maximum atomic E-state index is 12.8. The lowest BCUT2D eigenvalue weighted by molar-refractivity contribution is 0.102. The van der Waals surface area contributed by atoms with Crippen LogP contribution in [0.4, 0.5) is 11.4 Å². The van der Waals surface area contributed by atoms with Crippen molar-refractivity contribution < 1.29 is 22.7 Å². The van der Waals surface area contributed by atoms with Crippen LogP contribution in [-0.4, -0.2) is 68.7 Å². The number of nitrogens with one attached hydrogen (secondary N) is 1. The number of aryl methyl sites for hydroxylation is 1. The summed E-state index contributed by atoms with van der Waals surface area (Å²) >= 11 is 0. The van der Waals surface area contributed by atoms with Crippen molar-refractivity contribution in [2.24, 2.45) is 0 Å². The molecular formula is C24H27N5O5S. The highest BCUT2D eigenvalue weighted by Gasteiger charge is 2.20. The van der Waals surface area contributed by atoms with Crippen LogP contribution in [0.2, 0.25) is 0 Å². The summed E-state index contributed by atoms with van der Waals surface area (Å²) in [5, 5.41) is 11.4. The van der Waals surface area contributed by atoms with Crippen LogP contribution in [0.1, 0.15) is 23.0 Å². The van der Waals surface area contributed by atoms with Crippen molar-refractivity contribution in [1.82, 2.24) is 15.2 Å². The molecule has 1 N–H and O–H groups in total. The minimum atomic E-state index is -3.43. The predicted molar refractivity (Wildman–Crippen MR) is 132 cm³/mol. The Labute approximate surface area is 204 Å². The molecule has 1 fully saturated rings. The predicted octanol–water partition coefficient (Wildman–Crippen LogP) is 2.74. The molecule has 0 bridgehead atoms. The zero-order valence-corrected chi connectivity index (χ0v) is 20.6. The van der Waals surface area contributed by atoms with Gasteiger partial charge in [0.25, 0.3) is 11.8 Å². The van der Waals surface area contributed by atoms with Crippen molar-refractivity contribution in [3.63, 3.8) is 0 Å². The molecule has 0 unspecified atom stereocenters. The Bertz CT molecular complexity index is 1340. The molecule has 184 valence electrons. The molecule has 0 aliphatic carbocycles. The van der Waals surface area contributed by atoms with Crippen molar-refractivity contribution in [1.29, 1.82) is 0 Å². The summed E-state index contributed by atoms with van der Waals surface area (Å²) in [5.41, 5.74) is 3.52. The normalized spacial score (nSPS) is 14.0. The number of carbonyl (C=O) groups is 1. The van der Waals surface area contributed by atoms with Gasteiger partial charge in [0.05, 0.1) is 42.3 Å². The number of morpholine rings is 1. The van der Waals surface area contributed by atoms with Gasteiger partial charge in [-0.05, 0) is 44.2 Å². The molecule has 0 atom stereocenters. The summed E-state index contributed by atoms with van der Waals surface area (Å²) < 4.78 is 34.8. The first-order valence-electron chi connectivity index (χ1n) is 11.2. The molecule has 1 saturated heterocycles. The zero-order chi connectivity index (χ0) is 25.0. The fourth-order valence-electron chi connectivity index (χ4n) is 3.70. The number of carbonyl (C=O) groups excluding carboxylic acids is 1. The molecule has 1 aliphatic heterocycles. The van der Waals surface area contributed by atoms with Gasteiger partial charge in [-0.1, -0.05) is 6.07 Å². The van der Waals surface area contributed by atoms with Crippen LogP contribution in [0.5, 0.6) is 5.88 Å². The van der Waals surface area contributed by atoms with Crippen LogP contribution in [0.15, 0.2) is 47.5 Å². The van der Waals surface area contributed by atoms with E-state index in [1.54, 1.807) is 18.3 Å². The standard InChI is InChI=1S/C24H27N5O5S/c1-4-34-24-22(29-8-10-33-11-9-29)14-21(27-28-24)20-13-18(15-25-16(20)2)26-23(30)17-6-5-7-19(12-17)35(3,31)32/h5-7,12-15H,4,8-11H2,1-3H3,(H,26,30). The van der Waals surface area contributed by atoms with E-state index in [1.807, 2.05) is 19.9 Å². The molecule has 1 aromatic carbocycles. The number of pyridine rings is 1. The van der Waals surface area contributed by atoms with Crippen molar-refractivity contribution in [2.75, 3.05) is 49.4 Å².